The van der Waals surface area contributed by atoms with Crippen LogP contribution in [0, 0.1) is 0 Å². The molecule has 1 heteroatoms. The standard InChI is InChI=1S/C11H15N/c1-3-10(2)4-5-11-6-8-12-9-7-11/h3,6-9H,4-5H2,1-2H3/b10-3+. The van der Waals surface area contributed by atoms with Crippen LogP contribution in [0.15, 0.2) is 36.2 Å². The summed E-state index contributed by atoms with van der Waals surface area (Å²) < 4.78 is 0. The molecule has 0 aromatic carbocycles. The molecule has 0 fully saturated rings. The average molecular weight is 161 g/mol. The van der Waals surface area contributed by atoms with Crippen molar-refractivity contribution in [1.82, 2.24) is 4.98 Å². The van der Waals surface area contributed by atoms with Crippen LogP contribution < -0.4 is 0 Å². The SMILES string of the molecule is C/C=C(\C)CCc1ccncc1. The largest absolute Gasteiger partial charge is 0.265 e. The third kappa shape index (κ3) is 2.87. The lowest BCUT2D eigenvalue weighted by molar-refractivity contribution is 0.934. The minimum Gasteiger partial charge on any atom is -0.265 e. The van der Waals surface area contributed by atoms with Crippen LogP contribution in [0.25, 0.3) is 0 Å². The second kappa shape index (κ2) is 4.70. The van der Waals surface area contributed by atoms with Crippen molar-refractivity contribution in [2.75, 3.05) is 0 Å². The molecule has 0 radical (unpaired) electrons. The van der Waals surface area contributed by atoms with E-state index in [0.29, 0.717) is 0 Å². The third-order valence-electron chi connectivity index (χ3n) is 2.05. The smallest absolute Gasteiger partial charge is 0.0270 e. The van der Waals surface area contributed by atoms with Gasteiger partial charge in [0, 0.05) is 12.4 Å². The zero-order chi connectivity index (χ0) is 8.81. The summed E-state index contributed by atoms with van der Waals surface area (Å²) in [7, 11) is 0. The Morgan fingerprint density at radius 3 is 2.67 bits per heavy atom. The molecule has 0 aliphatic heterocycles. The van der Waals surface area contributed by atoms with Crippen molar-refractivity contribution in [1.29, 1.82) is 0 Å². The zero-order valence-corrected chi connectivity index (χ0v) is 7.75. The number of aryl methyl sites for hydroxylation is 1. The second-order valence-corrected chi connectivity index (χ2v) is 2.99. The lowest BCUT2D eigenvalue weighted by atomic mass is 10.1. The number of hydrogen-bond acceptors (Lipinski definition) is 1. The number of allylic oxidation sites excluding steroid dienone is 2. The fourth-order valence-electron chi connectivity index (χ4n) is 1.04. The molecule has 64 valence electrons. The van der Waals surface area contributed by atoms with E-state index in [1.54, 1.807) is 0 Å². The van der Waals surface area contributed by atoms with Gasteiger partial charge in [0.05, 0.1) is 0 Å². The van der Waals surface area contributed by atoms with Crippen LogP contribution in [0.3, 0.4) is 0 Å². The Hall–Kier alpha value is -1.11. The van der Waals surface area contributed by atoms with Gasteiger partial charge in [-0.25, -0.2) is 0 Å². The van der Waals surface area contributed by atoms with E-state index in [0.717, 1.165) is 12.8 Å². The Morgan fingerprint density at radius 2 is 2.08 bits per heavy atom. The first-order valence-corrected chi connectivity index (χ1v) is 4.33. The van der Waals surface area contributed by atoms with E-state index in [-0.39, 0.29) is 0 Å². The lowest BCUT2D eigenvalue weighted by Gasteiger charge is -1.99. The van der Waals surface area contributed by atoms with Crippen molar-refractivity contribution in [2.45, 2.75) is 26.7 Å². The maximum atomic E-state index is 3.98. The van der Waals surface area contributed by atoms with Gasteiger partial charge in [-0.15, -0.1) is 0 Å². The predicted octanol–water partition coefficient (Wildman–Crippen LogP) is 2.98. The summed E-state index contributed by atoms with van der Waals surface area (Å²) in [5, 5.41) is 0. The first-order chi connectivity index (χ1) is 5.83. The fraction of sp³-hybridized carbons (Fsp3) is 0.364. The van der Waals surface area contributed by atoms with Crippen molar-refractivity contribution < 1.29 is 0 Å². The van der Waals surface area contributed by atoms with E-state index in [1.807, 2.05) is 12.4 Å². The molecule has 1 aromatic heterocycles. The molecule has 0 saturated heterocycles. The van der Waals surface area contributed by atoms with E-state index in [2.05, 4.69) is 37.0 Å². The van der Waals surface area contributed by atoms with E-state index < -0.39 is 0 Å². The summed E-state index contributed by atoms with van der Waals surface area (Å²) in [6.07, 6.45) is 8.14. The van der Waals surface area contributed by atoms with E-state index >= 15 is 0 Å². The van der Waals surface area contributed by atoms with Gasteiger partial charge in [0.15, 0.2) is 0 Å². The molecule has 1 aromatic rings. The van der Waals surface area contributed by atoms with Gasteiger partial charge in [0.2, 0.25) is 0 Å². The van der Waals surface area contributed by atoms with Gasteiger partial charge < -0.3 is 0 Å². The van der Waals surface area contributed by atoms with Gasteiger partial charge in [0.25, 0.3) is 0 Å². The molecule has 1 heterocycles. The molecular weight excluding hydrogens is 146 g/mol. The maximum Gasteiger partial charge on any atom is 0.0270 e. The van der Waals surface area contributed by atoms with Crippen molar-refractivity contribution >= 4 is 0 Å². The highest BCUT2D eigenvalue weighted by Crippen LogP contribution is 2.06. The summed E-state index contributed by atoms with van der Waals surface area (Å²) in [6, 6.07) is 4.14. The molecule has 0 unspecified atom stereocenters. The van der Waals surface area contributed by atoms with Crippen molar-refractivity contribution in [3.63, 3.8) is 0 Å². The Kier molecular flexibility index (Phi) is 3.52. The lowest BCUT2D eigenvalue weighted by Crippen LogP contribution is -1.86. The van der Waals surface area contributed by atoms with Gasteiger partial charge in [-0.05, 0) is 44.4 Å². The van der Waals surface area contributed by atoms with Crippen molar-refractivity contribution in [3.05, 3.63) is 41.7 Å². The number of aromatic nitrogens is 1. The molecule has 0 saturated carbocycles. The Morgan fingerprint density at radius 1 is 1.42 bits per heavy atom. The van der Waals surface area contributed by atoms with Crippen LogP contribution in [-0.4, -0.2) is 4.98 Å². The van der Waals surface area contributed by atoms with Crippen LogP contribution >= 0.6 is 0 Å². The molecule has 0 N–H and O–H groups in total. The van der Waals surface area contributed by atoms with Crippen LogP contribution in [0.4, 0.5) is 0 Å². The molecule has 0 aliphatic carbocycles. The molecule has 0 bridgehead atoms. The summed E-state index contributed by atoms with van der Waals surface area (Å²) in [5.74, 6) is 0. The normalized spacial score (nSPS) is 11.7. The zero-order valence-electron chi connectivity index (χ0n) is 7.75. The van der Waals surface area contributed by atoms with E-state index in [1.165, 1.54) is 11.1 Å². The van der Waals surface area contributed by atoms with Crippen LogP contribution in [0.5, 0.6) is 0 Å². The van der Waals surface area contributed by atoms with Crippen LogP contribution in [0.1, 0.15) is 25.8 Å². The minimum absolute atomic E-state index is 1.12. The third-order valence-corrected chi connectivity index (χ3v) is 2.05. The van der Waals surface area contributed by atoms with Gasteiger partial charge in [-0.3, -0.25) is 4.98 Å². The molecule has 0 atom stereocenters. The highest BCUT2D eigenvalue weighted by molar-refractivity contribution is 5.12. The fourth-order valence-corrected chi connectivity index (χ4v) is 1.04. The Bertz CT molecular complexity index is 249. The second-order valence-electron chi connectivity index (χ2n) is 2.99. The Balaban J connectivity index is 2.44. The number of nitrogens with zero attached hydrogens (tertiary/aromatic N) is 1. The maximum absolute atomic E-state index is 3.98. The summed E-state index contributed by atoms with van der Waals surface area (Å²) in [5.41, 5.74) is 2.82. The minimum atomic E-state index is 1.12. The summed E-state index contributed by atoms with van der Waals surface area (Å²) in [6.45, 7) is 4.25. The van der Waals surface area contributed by atoms with Crippen LogP contribution in [-0.2, 0) is 6.42 Å². The summed E-state index contributed by atoms with van der Waals surface area (Å²) in [4.78, 5) is 3.98. The van der Waals surface area contributed by atoms with Gasteiger partial charge >= 0.3 is 0 Å². The molecular formula is C11H15N. The summed E-state index contributed by atoms with van der Waals surface area (Å²) >= 11 is 0. The van der Waals surface area contributed by atoms with Crippen molar-refractivity contribution in [3.8, 4) is 0 Å². The van der Waals surface area contributed by atoms with Gasteiger partial charge in [-0.1, -0.05) is 11.6 Å². The molecule has 1 nitrogen and oxygen atoms in total. The average Bonchev–Trinajstić information content (AvgIpc) is 2.16. The molecule has 12 heavy (non-hydrogen) atoms. The molecule has 1 rings (SSSR count). The Labute approximate surface area is 74.2 Å². The molecule has 0 aliphatic rings. The monoisotopic (exact) mass is 161 g/mol. The van der Waals surface area contributed by atoms with Crippen LogP contribution in [0.2, 0.25) is 0 Å². The first kappa shape index (κ1) is 8.98. The first-order valence-electron chi connectivity index (χ1n) is 4.33. The molecule has 0 amide bonds. The van der Waals surface area contributed by atoms with Crippen molar-refractivity contribution in [2.24, 2.45) is 0 Å². The highest BCUT2D eigenvalue weighted by Gasteiger charge is 1.91. The van der Waals surface area contributed by atoms with Gasteiger partial charge in [0.1, 0.15) is 0 Å². The quantitative estimate of drug-likeness (QED) is 0.621. The van der Waals surface area contributed by atoms with E-state index in [9.17, 15) is 0 Å². The number of pyridine rings is 1. The van der Waals surface area contributed by atoms with E-state index in [4.69, 9.17) is 0 Å². The van der Waals surface area contributed by atoms with Gasteiger partial charge in [-0.2, -0.15) is 0 Å². The number of hydrogen-bond donors (Lipinski definition) is 0. The predicted molar refractivity (Wildman–Crippen MR) is 52.0 cm³/mol. The number of rotatable bonds is 3. The topological polar surface area (TPSA) is 12.9 Å². The molecule has 0 spiro atoms. The highest BCUT2D eigenvalue weighted by atomic mass is 14.6.